The highest BCUT2D eigenvalue weighted by atomic mass is 35.5. The fourth-order valence-electron chi connectivity index (χ4n) is 3.81. The van der Waals surface area contributed by atoms with Gasteiger partial charge in [-0.3, -0.25) is 19.3 Å². The first-order valence-corrected chi connectivity index (χ1v) is 9.25. The van der Waals surface area contributed by atoms with Crippen LogP contribution in [0.15, 0.2) is 24.3 Å². The van der Waals surface area contributed by atoms with Crippen LogP contribution in [0.5, 0.6) is 0 Å². The molecule has 0 bridgehead atoms. The van der Waals surface area contributed by atoms with E-state index in [1.165, 1.54) is 4.90 Å². The average Bonchev–Trinajstić information content (AvgIpc) is 2.85. The number of carbonyl (C=O) groups is 3. The van der Waals surface area contributed by atoms with E-state index in [1.807, 2.05) is 19.1 Å². The van der Waals surface area contributed by atoms with Gasteiger partial charge in [-0.05, 0) is 37.5 Å². The van der Waals surface area contributed by atoms with Crippen molar-refractivity contribution in [3.05, 3.63) is 34.9 Å². The second-order valence-electron chi connectivity index (χ2n) is 6.92. The lowest BCUT2D eigenvalue weighted by Crippen LogP contribution is -2.36. The molecule has 3 atom stereocenters. The van der Waals surface area contributed by atoms with Gasteiger partial charge in [0.25, 0.3) is 0 Å². The van der Waals surface area contributed by atoms with E-state index in [2.05, 4.69) is 5.32 Å². The number of nitrogens with one attached hydrogen (secondary N) is 1. The first-order valence-electron chi connectivity index (χ1n) is 8.87. The molecule has 0 unspecified atom stereocenters. The average molecular weight is 363 g/mol. The van der Waals surface area contributed by atoms with Gasteiger partial charge in [0.1, 0.15) is 0 Å². The van der Waals surface area contributed by atoms with Crippen molar-refractivity contribution in [3.63, 3.8) is 0 Å². The monoisotopic (exact) mass is 362 g/mol. The molecular weight excluding hydrogens is 340 g/mol. The van der Waals surface area contributed by atoms with Crippen molar-refractivity contribution < 1.29 is 14.4 Å². The molecule has 1 aromatic carbocycles. The SMILES string of the molecule is C[C@H](NC(=O)CCN1C(=O)[C@H]2CCCC[C@@H]2C1=O)c1ccc(Cl)cc1. The maximum atomic E-state index is 12.4. The molecule has 5 nitrogen and oxygen atoms in total. The van der Waals surface area contributed by atoms with Gasteiger partial charge in [-0.25, -0.2) is 0 Å². The maximum absolute atomic E-state index is 12.4. The van der Waals surface area contributed by atoms with E-state index in [-0.39, 0.29) is 48.6 Å². The molecule has 3 amide bonds. The van der Waals surface area contributed by atoms with E-state index in [4.69, 9.17) is 11.6 Å². The maximum Gasteiger partial charge on any atom is 0.233 e. The Kier molecular flexibility index (Phi) is 5.42. The number of hydrogen-bond donors (Lipinski definition) is 1. The number of nitrogens with zero attached hydrogens (tertiary/aromatic N) is 1. The predicted octanol–water partition coefficient (Wildman–Crippen LogP) is 3.08. The summed E-state index contributed by atoms with van der Waals surface area (Å²) in [5.74, 6) is -0.658. The quantitative estimate of drug-likeness (QED) is 0.818. The Morgan fingerprint density at radius 3 is 2.28 bits per heavy atom. The fourth-order valence-corrected chi connectivity index (χ4v) is 3.94. The first kappa shape index (κ1) is 17.9. The summed E-state index contributed by atoms with van der Waals surface area (Å²) in [6.45, 7) is 2.06. The van der Waals surface area contributed by atoms with E-state index in [1.54, 1.807) is 12.1 Å². The van der Waals surface area contributed by atoms with Gasteiger partial charge in [0, 0.05) is 18.0 Å². The smallest absolute Gasteiger partial charge is 0.233 e. The zero-order chi connectivity index (χ0) is 18.0. The van der Waals surface area contributed by atoms with Crippen molar-refractivity contribution in [2.45, 2.75) is 45.1 Å². The molecule has 0 radical (unpaired) electrons. The molecule has 2 fully saturated rings. The molecule has 134 valence electrons. The highest BCUT2D eigenvalue weighted by Crippen LogP contribution is 2.37. The summed E-state index contributed by atoms with van der Waals surface area (Å²) >= 11 is 5.87. The number of benzene rings is 1. The second-order valence-corrected chi connectivity index (χ2v) is 7.35. The normalized spacial score (nSPS) is 24.2. The number of likely N-dealkylation sites (tertiary alicyclic amines) is 1. The van der Waals surface area contributed by atoms with Crippen LogP contribution in [0.2, 0.25) is 5.02 Å². The summed E-state index contributed by atoms with van der Waals surface area (Å²) in [4.78, 5) is 38.3. The Balaban J connectivity index is 1.52. The summed E-state index contributed by atoms with van der Waals surface area (Å²) in [7, 11) is 0. The van der Waals surface area contributed by atoms with Crippen LogP contribution >= 0.6 is 11.6 Å². The van der Waals surface area contributed by atoms with Gasteiger partial charge in [0.2, 0.25) is 17.7 Å². The minimum absolute atomic E-state index is 0.0896. The van der Waals surface area contributed by atoms with Crippen LogP contribution in [-0.4, -0.2) is 29.2 Å². The fraction of sp³-hybridized carbons (Fsp3) is 0.526. The number of hydrogen-bond acceptors (Lipinski definition) is 3. The number of fused-ring (bicyclic) bond motifs is 1. The van der Waals surface area contributed by atoms with E-state index in [9.17, 15) is 14.4 Å². The highest BCUT2D eigenvalue weighted by molar-refractivity contribution is 6.30. The summed E-state index contributed by atoms with van der Waals surface area (Å²) in [5.41, 5.74) is 0.956. The van der Waals surface area contributed by atoms with Crippen LogP contribution in [0.4, 0.5) is 0 Å². The molecule has 1 saturated heterocycles. The van der Waals surface area contributed by atoms with Crippen LogP contribution in [0.1, 0.15) is 50.6 Å². The highest BCUT2D eigenvalue weighted by Gasteiger charge is 2.47. The molecule has 1 saturated carbocycles. The topological polar surface area (TPSA) is 66.5 Å². The molecule has 2 aliphatic rings. The van der Waals surface area contributed by atoms with Crippen molar-refractivity contribution in [1.82, 2.24) is 10.2 Å². The predicted molar refractivity (Wildman–Crippen MR) is 94.8 cm³/mol. The molecule has 25 heavy (non-hydrogen) atoms. The molecule has 1 N–H and O–H groups in total. The Morgan fingerprint density at radius 2 is 1.72 bits per heavy atom. The number of imide groups is 1. The third-order valence-electron chi connectivity index (χ3n) is 5.24. The van der Waals surface area contributed by atoms with Crippen LogP contribution in [-0.2, 0) is 14.4 Å². The lowest BCUT2D eigenvalue weighted by Gasteiger charge is -2.19. The van der Waals surface area contributed by atoms with Gasteiger partial charge in [0.15, 0.2) is 0 Å². The Labute approximate surface area is 152 Å². The Morgan fingerprint density at radius 1 is 1.16 bits per heavy atom. The molecule has 0 spiro atoms. The van der Waals surface area contributed by atoms with Gasteiger partial charge in [-0.15, -0.1) is 0 Å². The lowest BCUT2D eigenvalue weighted by molar-refractivity contribution is -0.140. The van der Waals surface area contributed by atoms with Gasteiger partial charge < -0.3 is 5.32 Å². The molecule has 1 aliphatic carbocycles. The summed E-state index contributed by atoms with van der Waals surface area (Å²) in [5, 5.41) is 3.55. The van der Waals surface area contributed by atoms with Gasteiger partial charge >= 0.3 is 0 Å². The third-order valence-corrected chi connectivity index (χ3v) is 5.49. The zero-order valence-corrected chi connectivity index (χ0v) is 15.1. The molecule has 1 aromatic rings. The van der Waals surface area contributed by atoms with Crippen molar-refractivity contribution in [3.8, 4) is 0 Å². The van der Waals surface area contributed by atoms with Crippen molar-refractivity contribution in [1.29, 1.82) is 0 Å². The van der Waals surface area contributed by atoms with Crippen LogP contribution < -0.4 is 5.32 Å². The number of rotatable bonds is 5. The largest absolute Gasteiger partial charge is 0.350 e. The van der Waals surface area contributed by atoms with Gasteiger partial charge in [-0.1, -0.05) is 36.6 Å². The standard InChI is InChI=1S/C19H23ClN2O3/c1-12(13-6-8-14(20)9-7-13)21-17(23)10-11-22-18(24)15-4-2-3-5-16(15)19(22)25/h6-9,12,15-16H,2-5,10-11H2,1H3,(H,21,23)/t12-,15-,16-/m0/s1. The third kappa shape index (κ3) is 3.87. The summed E-state index contributed by atoms with van der Waals surface area (Å²) < 4.78 is 0. The van der Waals surface area contributed by atoms with E-state index in [0.29, 0.717) is 5.02 Å². The molecule has 1 aliphatic heterocycles. The van der Waals surface area contributed by atoms with Crippen molar-refractivity contribution in [2.24, 2.45) is 11.8 Å². The first-order chi connectivity index (χ1) is 12.0. The molecule has 0 aromatic heterocycles. The van der Waals surface area contributed by atoms with Crippen LogP contribution in [0, 0.1) is 11.8 Å². The van der Waals surface area contributed by atoms with E-state index >= 15 is 0 Å². The Hall–Kier alpha value is -1.88. The molecular formula is C19H23ClN2O3. The van der Waals surface area contributed by atoms with Gasteiger partial charge in [0.05, 0.1) is 17.9 Å². The minimum atomic E-state index is -0.169. The lowest BCUT2D eigenvalue weighted by atomic mass is 9.81. The van der Waals surface area contributed by atoms with Crippen molar-refractivity contribution in [2.75, 3.05) is 6.54 Å². The van der Waals surface area contributed by atoms with Crippen molar-refractivity contribution >= 4 is 29.3 Å². The summed E-state index contributed by atoms with van der Waals surface area (Å²) in [6.07, 6.45) is 3.74. The molecule has 6 heteroatoms. The van der Waals surface area contributed by atoms with Crippen LogP contribution in [0.25, 0.3) is 0 Å². The van der Waals surface area contributed by atoms with Gasteiger partial charge in [-0.2, -0.15) is 0 Å². The van der Waals surface area contributed by atoms with E-state index < -0.39 is 0 Å². The Bertz CT molecular complexity index is 650. The molecule has 3 rings (SSSR count). The zero-order valence-electron chi connectivity index (χ0n) is 14.3. The number of carbonyl (C=O) groups excluding carboxylic acids is 3. The number of halogens is 1. The van der Waals surface area contributed by atoms with Crippen LogP contribution in [0.3, 0.4) is 0 Å². The number of amides is 3. The molecule has 1 heterocycles. The van der Waals surface area contributed by atoms with E-state index in [0.717, 1.165) is 31.2 Å². The second kappa shape index (κ2) is 7.56. The summed E-state index contributed by atoms with van der Waals surface area (Å²) in [6, 6.07) is 7.14. The minimum Gasteiger partial charge on any atom is -0.350 e.